The molecular weight excluding hydrogens is 209 g/mol. The number of hydrogen-bond donors (Lipinski definition) is 2. The molecule has 2 N–H and O–H groups in total. The summed E-state index contributed by atoms with van der Waals surface area (Å²) in [5, 5.41) is 13.0. The molecule has 1 unspecified atom stereocenters. The second-order valence-corrected chi connectivity index (χ2v) is 4.11. The number of phenols is 1. The van der Waals surface area contributed by atoms with Gasteiger partial charge in [-0.3, -0.25) is 0 Å². The molecule has 4 heteroatoms. The highest BCUT2D eigenvalue weighted by molar-refractivity contribution is 5.41. The van der Waals surface area contributed by atoms with Gasteiger partial charge in [-0.2, -0.15) is 0 Å². The topological polar surface area (TPSA) is 41.5 Å². The van der Waals surface area contributed by atoms with Crippen molar-refractivity contribution < 1.29 is 14.2 Å². The van der Waals surface area contributed by atoms with E-state index in [-0.39, 0.29) is 11.5 Å². The first-order chi connectivity index (χ1) is 7.70. The summed E-state index contributed by atoms with van der Waals surface area (Å²) in [4.78, 5) is 0. The van der Waals surface area contributed by atoms with E-state index in [4.69, 9.17) is 4.74 Å². The predicted octanol–water partition coefficient (Wildman–Crippen LogP) is 1.83. The van der Waals surface area contributed by atoms with Gasteiger partial charge in [-0.15, -0.1) is 0 Å². The van der Waals surface area contributed by atoms with Gasteiger partial charge < -0.3 is 15.2 Å². The van der Waals surface area contributed by atoms with E-state index in [0.29, 0.717) is 18.0 Å². The summed E-state index contributed by atoms with van der Waals surface area (Å²) >= 11 is 0. The van der Waals surface area contributed by atoms with Crippen LogP contribution in [0.1, 0.15) is 18.4 Å². The summed E-state index contributed by atoms with van der Waals surface area (Å²) in [7, 11) is 1.38. The van der Waals surface area contributed by atoms with Gasteiger partial charge in [-0.1, -0.05) is 0 Å². The van der Waals surface area contributed by atoms with Gasteiger partial charge in [0.05, 0.1) is 7.11 Å². The van der Waals surface area contributed by atoms with Crippen molar-refractivity contribution in [2.24, 2.45) is 0 Å². The fourth-order valence-electron chi connectivity index (χ4n) is 2.10. The molecule has 1 aliphatic heterocycles. The van der Waals surface area contributed by atoms with Crippen LogP contribution in [0.4, 0.5) is 4.39 Å². The maximum atomic E-state index is 13.4. The number of nitrogens with one attached hydrogen (secondary N) is 1. The second kappa shape index (κ2) is 4.70. The van der Waals surface area contributed by atoms with Crippen molar-refractivity contribution in [2.75, 3.05) is 13.7 Å². The number of halogens is 1. The first-order valence-electron chi connectivity index (χ1n) is 5.49. The molecule has 1 heterocycles. The minimum atomic E-state index is -0.423. The first-order valence-corrected chi connectivity index (χ1v) is 5.49. The average molecular weight is 225 g/mol. The lowest BCUT2D eigenvalue weighted by atomic mass is 10.0. The molecule has 3 nitrogen and oxygen atoms in total. The first kappa shape index (κ1) is 11.2. The standard InChI is InChI=1S/C12H16FNO2/c1-16-12-7-11(15)8(6-10(12)13)5-9-3-2-4-14-9/h6-7,9,14-15H,2-5H2,1H3. The Labute approximate surface area is 94.2 Å². The van der Waals surface area contributed by atoms with E-state index in [1.807, 2.05) is 0 Å². The Hall–Kier alpha value is -1.29. The van der Waals surface area contributed by atoms with E-state index in [0.717, 1.165) is 19.4 Å². The Kier molecular flexibility index (Phi) is 3.29. The number of phenolic OH excluding ortho intramolecular Hbond substituents is 1. The molecule has 0 radical (unpaired) electrons. The van der Waals surface area contributed by atoms with Crippen molar-refractivity contribution in [3.05, 3.63) is 23.5 Å². The molecule has 2 rings (SSSR count). The Morgan fingerprint density at radius 2 is 2.38 bits per heavy atom. The lowest BCUT2D eigenvalue weighted by molar-refractivity contribution is 0.378. The molecule has 1 saturated heterocycles. The van der Waals surface area contributed by atoms with Crippen LogP contribution in [0.5, 0.6) is 11.5 Å². The molecule has 1 aliphatic rings. The van der Waals surface area contributed by atoms with E-state index in [1.165, 1.54) is 19.2 Å². The molecule has 1 atom stereocenters. The van der Waals surface area contributed by atoms with Gasteiger partial charge in [0, 0.05) is 12.1 Å². The second-order valence-electron chi connectivity index (χ2n) is 4.11. The van der Waals surface area contributed by atoms with Crippen molar-refractivity contribution in [1.29, 1.82) is 0 Å². The molecule has 88 valence electrons. The van der Waals surface area contributed by atoms with Crippen molar-refractivity contribution in [2.45, 2.75) is 25.3 Å². The van der Waals surface area contributed by atoms with Crippen LogP contribution in [0.2, 0.25) is 0 Å². The SMILES string of the molecule is COc1cc(O)c(CC2CCCN2)cc1F. The zero-order valence-electron chi connectivity index (χ0n) is 9.29. The fourth-order valence-corrected chi connectivity index (χ4v) is 2.10. The highest BCUT2D eigenvalue weighted by Crippen LogP contribution is 2.28. The van der Waals surface area contributed by atoms with Crippen LogP contribution in [0, 0.1) is 5.82 Å². The minimum Gasteiger partial charge on any atom is -0.508 e. The third-order valence-electron chi connectivity index (χ3n) is 2.98. The third kappa shape index (κ3) is 2.27. The van der Waals surface area contributed by atoms with Crippen LogP contribution >= 0.6 is 0 Å². The van der Waals surface area contributed by atoms with Crippen molar-refractivity contribution in [1.82, 2.24) is 5.32 Å². The Morgan fingerprint density at radius 1 is 1.56 bits per heavy atom. The molecule has 0 aromatic heterocycles. The van der Waals surface area contributed by atoms with E-state index in [1.54, 1.807) is 0 Å². The number of aromatic hydroxyl groups is 1. The molecule has 0 spiro atoms. The number of rotatable bonds is 3. The van der Waals surface area contributed by atoms with Gasteiger partial charge in [-0.05, 0) is 37.4 Å². The lowest BCUT2D eigenvalue weighted by Crippen LogP contribution is -2.23. The highest BCUT2D eigenvalue weighted by atomic mass is 19.1. The zero-order chi connectivity index (χ0) is 11.5. The smallest absolute Gasteiger partial charge is 0.165 e. The largest absolute Gasteiger partial charge is 0.508 e. The number of methoxy groups -OCH3 is 1. The minimum absolute atomic E-state index is 0.0839. The molecule has 0 bridgehead atoms. The monoisotopic (exact) mass is 225 g/mol. The summed E-state index contributed by atoms with van der Waals surface area (Å²) in [5.74, 6) is -0.235. The van der Waals surface area contributed by atoms with Gasteiger partial charge >= 0.3 is 0 Å². The summed E-state index contributed by atoms with van der Waals surface area (Å²) in [6.45, 7) is 1.00. The average Bonchev–Trinajstić information content (AvgIpc) is 2.75. The molecule has 0 saturated carbocycles. The van der Waals surface area contributed by atoms with Gasteiger partial charge in [0.1, 0.15) is 5.75 Å². The van der Waals surface area contributed by atoms with Crippen LogP contribution in [0.3, 0.4) is 0 Å². The van der Waals surface area contributed by atoms with E-state index in [2.05, 4.69) is 5.32 Å². The lowest BCUT2D eigenvalue weighted by Gasteiger charge is -2.12. The molecule has 1 aromatic carbocycles. The molecule has 1 aromatic rings. The number of hydrogen-bond acceptors (Lipinski definition) is 3. The zero-order valence-corrected chi connectivity index (χ0v) is 9.29. The van der Waals surface area contributed by atoms with Crippen LogP contribution in [-0.4, -0.2) is 24.8 Å². The van der Waals surface area contributed by atoms with Crippen LogP contribution in [0.25, 0.3) is 0 Å². The Bertz CT molecular complexity index is 376. The molecule has 0 amide bonds. The molecular formula is C12H16FNO2. The maximum absolute atomic E-state index is 13.4. The van der Waals surface area contributed by atoms with Crippen molar-refractivity contribution in [3.63, 3.8) is 0 Å². The molecule has 16 heavy (non-hydrogen) atoms. The number of benzene rings is 1. The Morgan fingerprint density at radius 3 is 3.00 bits per heavy atom. The van der Waals surface area contributed by atoms with Crippen LogP contribution < -0.4 is 10.1 Å². The summed E-state index contributed by atoms with van der Waals surface area (Å²) in [6, 6.07) is 3.03. The van der Waals surface area contributed by atoms with Crippen LogP contribution in [-0.2, 0) is 6.42 Å². The van der Waals surface area contributed by atoms with E-state index < -0.39 is 5.82 Å². The summed E-state index contributed by atoms with van der Waals surface area (Å²) < 4.78 is 18.2. The quantitative estimate of drug-likeness (QED) is 0.824. The van der Waals surface area contributed by atoms with E-state index >= 15 is 0 Å². The normalized spacial score (nSPS) is 20.0. The summed E-state index contributed by atoms with van der Waals surface area (Å²) in [5.41, 5.74) is 0.637. The summed E-state index contributed by atoms with van der Waals surface area (Å²) in [6.07, 6.45) is 2.88. The van der Waals surface area contributed by atoms with Gasteiger partial charge in [0.25, 0.3) is 0 Å². The van der Waals surface area contributed by atoms with Gasteiger partial charge in [0.15, 0.2) is 11.6 Å². The number of ether oxygens (including phenoxy) is 1. The van der Waals surface area contributed by atoms with Crippen LogP contribution in [0.15, 0.2) is 12.1 Å². The highest BCUT2D eigenvalue weighted by Gasteiger charge is 2.17. The van der Waals surface area contributed by atoms with Gasteiger partial charge in [0.2, 0.25) is 0 Å². The van der Waals surface area contributed by atoms with Crippen molar-refractivity contribution >= 4 is 0 Å². The fraction of sp³-hybridized carbons (Fsp3) is 0.500. The molecule has 0 aliphatic carbocycles. The van der Waals surface area contributed by atoms with Crippen molar-refractivity contribution in [3.8, 4) is 11.5 Å². The molecule has 1 fully saturated rings. The third-order valence-corrected chi connectivity index (χ3v) is 2.98. The predicted molar refractivity (Wildman–Crippen MR) is 59.3 cm³/mol. The Balaban J connectivity index is 2.17. The van der Waals surface area contributed by atoms with Gasteiger partial charge in [-0.25, -0.2) is 4.39 Å². The maximum Gasteiger partial charge on any atom is 0.165 e. The van der Waals surface area contributed by atoms with E-state index in [9.17, 15) is 9.50 Å².